The van der Waals surface area contributed by atoms with Gasteiger partial charge >= 0.3 is 0 Å². The summed E-state index contributed by atoms with van der Waals surface area (Å²) in [7, 11) is 0. The van der Waals surface area contributed by atoms with Crippen molar-refractivity contribution in [2.75, 3.05) is 0 Å². The van der Waals surface area contributed by atoms with Gasteiger partial charge in [-0.1, -0.05) is 33.6 Å². The molecular formula is C9H7BrClN. The summed E-state index contributed by atoms with van der Waals surface area (Å²) < 4.78 is 0. The second kappa shape index (κ2) is 3.93. The highest BCUT2D eigenvalue weighted by Crippen LogP contribution is 2.22. The van der Waals surface area contributed by atoms with E-state index in [0.29, 0.717) is 10.6 Å². The van der Waals surface area contributed by atoms with Crippen LogP contribution in [0.2, 0.25) is 5.02 Å². The molecule has 0 fully saturated rings. The van der Waals surface area contributed by atoms with Gasteiger partial charge in [0.05, 0.1) is 10.6 Å². The minimum Gasteiger partial charge on any atom is -0.192 e. The fraction of sp³-hybridized carbons (Fsp3) is 0.222. The van der Waals surface area contributed by atoms with E-state index in [4.69, 9.17) is 16.9 Å². The number of benzene rings is 1. The lowest BCUT2D eigenvalue weighted by atomic mass is 10.1. The molecule has 0 heterocycles. The molecule has 1 aromatic rings. The molecule has 1 aromatic carbocycles. The highest BCUT2D eigenvalue weighted by atomic mass is 79.9. The van der Waals surface area contributed by atoms with Crippen LogP contribution in [0, 0.1) is 18.3 Å². The second-order valence-corrected chi connectivity index (χ2v) is 3.48. The Labute approximate surface area is 85.1 Å². The van der Waals surface area contributed by atoms with Crippen molar-refractivity contribution >= 4 is 27.5 Å². The Morgan fingerprint density at radius 1 is 1.58 bits per heavy atom. The van der Waals surface area contributed by atoms with Gasteiger partial charge in [-0.25, -0.2) is 0 Å². The van der Waals surface area contributed by atoms with Crippen LogP contribution in [0.15, 0.2) is 12.1 Å². The first kappa shape index (κ1) is 9.57. The molecule has 0 saturated carbocycles. The van der Waals surface area contributed by atoms with Crippen LogP contribution >= 0.6 is 27.5 Å². The number of alkyl halides is 1. The minimum atomic E-state index is 0.534. The van der Waals surface area contributed by atoms with Gasteiger partial charge in [-0.3, -0.25) is 0 Å². The molecule has 0 aliphatic heterocycles. The molecule has 0 spiro atoms. The van der Waals surface area contributed by atoms with Crippen LogP contribution < -0.4 is 0 Å². The first-order chi connectivity index (χ1) is 5.69. The van der Waals surface area contributed by atoms with Crippen LogP contribution in [-0.4, -0.2) is 0 Å². The molecule has 0 aromatic heterocycles. The average molecular weight is 245 g/mol. The van der Waals surface area contributed by atoms with Crippen LogP contribution in [0.3, 0.4) is 0 Å². The summed E-state index contributed by atoms with van der Waals surface area (Å²) in [6.45, 7) is 1.89. The predicted octanol–water partition coefficient (Wildman–Crippen LogP) is 3.42. The highest BCUT2D eigenvalue weighted by Gasteiger charge is 2.04. The molecular weight excluding hydrogens is 237 g/mol. The SMILES string of the molecule is Cc1cc(CBr)cc(Cl)c1C#N. The maximum atomic E-state index is 8.72. The number of rotatable bonds is 1. The standard InChI is InChI=1S/C9H7BrClN/c1-6-2-7(4-10)3-9(11)8(6)5-12/h2-3H,4H2,1H3. The van der Waals surface area contributed by atoms with Gasteiger partial charge < -0.3 is 0 Å². The third-order valence-electron chi connectivity index (χ3n) is 1.61. The average Bonchev–Trinajstić information content (AvgIpc) is 2.03. The molecule has 0 saturated heterocycles. The van der Waals surface area contributed by atoms with E-state index in [1.807, 2.05) is 19.1 Å². The Bertz CT molecular complexity index is 318. The van der Waals surface area contributed by atoms with E-state index in [-0.39, 0.29) is 0 Å². The summed E-state index contributed by atoms with van der Waals surface area (Å²) in [5, 5.41) is 10.0. The summed E-state index contributed by atoms with van der Waals surface area (Å²) >= 11 is 9.20. The Hall–Kier alpha value is -0.520. The van der Waals surface area contributed by atoms with Crippen molar-refractivity contribution < 1.29 is 0 Å². The lowest BCUT2D eigenvalue weighted by Crippen LogP contribution is -1.87. The molecule has 0 amide bonds. The Balaban J connectivity index is 3.30. The maximum absolute atomic E-state index is 8.72. The lowest BCUT2D eigenvalue weighted by Gasteiger charge is -2.02. The topological polar surface area (TPSA) is 23.8 Å². The van der Waals surface area contributed by atoms with Crippen molar-refractivity contribution in [3.8, 4) is 6.07 Å². The molecule has 62 valence electrons. The number of hydrogen-bond acceptors (Lipinski definition) is 1. The van der Waals surface area contributed by atoms with Crippen LogP contribution in [0.25, 0.3) is 0 Å². The van der Waals surface area contributed by atoms with Gasteiger partial charge in [0.1, 0.15) is 6.07 Å². The first-order valence-electron chi connectivity index (χ1n) is 3.44. The van der Waals surface area contributed by atoms with Crippen LogP contribution in [-0.2, 0) is 5.33 Å². The van der Waals surface area contributed by atoms with E-state index in [1.165, 1.54) is 0 Å². The minimum absolute atomic E-state index is 0.534. The molecule has 3 heteroatoms. The zero-order valence-electron chi connectivity index (χ0n) is 6.56. The van der Waals surface area contributed by atoms with Gasteiger partial charge in [0.2, 0.25) is 0 Å². The summed E-state index contributed by atoms with van der Waals surface area (Å²) in [5.41, 5.74) is 2.59. The molecule has 0 radical (unpaired) electrons. The van der Waals surface area contributed by atoms with Crippen LogP contribution in [0.1, 0.15) is 16.7 Å². The van der Waals surface area contributed by atoms with E-state index in [0.717, 1.165) is 16.5 Å². The molecule has 1 nitrogen and oxygen atoms in total. The molecule has 0 atom stereocenters. The van der Waals surface area contributed by atoms with Crippen molar-refractivity contribution in [3.63, 3.8) is 0 Å². The van der Waals surface area contributed by atoms with Gasteiger partial charge in [0, 0.05) is 5.33 Å². The number of nitrogens with zero attached hydrogens (tertiary/aromatic N) is 1. The molecule has 0 bridgehead atoms. The predicted molar refractivity (Wildman–Crippen MR) is 53.5 cm³/mol. The number of aryl methyl sites for hydroxylation is 1. The summed E-state index contributed by atoms with van der Waals surface area (Å²) in [6, 6.07) is 5.83. The van der Waals surface area contributed by atoms with Gasteiger partial charge in [-0.05, 0) is 24.1 Å². The van der Waals surface area contributed by atoms with Crippen molar-refractivity contribution in [1.82, 2.24) is 0 Å². The smallest absolute Gasteiger partial charge is 0.101 e. The number of halogens is 2. The maximum Gasteiger partial charge on any atom is 0.101 e. The van der Waals surface area contributed by atoms with E-state index in [9.17, 15) is 0 Å². The van der Waals surface area contributed by atoms with Crippen molar-refractivity contribution in [3.05, 3.63) is 33.8 Å². The Morgan fingerprint density at radius 3 is 2.67 bits per heavy atom. The summed E-state index contributed by atoms with van der Waals surface area (Å²) in [6.07, 6.45) is 0. The van der Waals surface area contributed by atoms with E-state index in [1.54, 1.807) is 0 Å². The lowest BCUT2D eigenvalue weighted by molar-refractivity contribution is 1.33. The monoisotopic (exact) mass is 243 g/mol. The fourth-order valence-corrected chi connectivity index (χ4v) is 1.69. The van der Waals surface area contributed by atoms with Crippen molar-refractivity contribution in [1.29, 1.82) is 5.26 Å². The molecule has 0 unspecified atom stereocenters. The number of hydrogen-bond donors (Lipinski definition) is 0. The normalized spacial score (nSPS) is 9.50. The van der Waals surface area contributed by atoms with E-state index < -0.39 is 0 Å². The molecule has 0 aliphatic rings. The van der Waals surface area contributed by atoms with Gasteiger partial charge in [-0.2, -0.15) is 5.26 Å². The third kappa shape index (κ3) is 1.80. The Morgan fingerprint density at radius 2 is 2.25 bits per heavy atom. The fourth-order valence-electron chi connectivity index (χ4n) is 1.03. The van der Waals surface area contributed by atoms with Crippen LogP contribution in [0.4, 0.5) is 0 Å². The van der Waals surface area contributed by atoms with Gasteiger partial charge in [0.25, 0.3) is 0 Å². The molecule has 12 heavy (non-hydrogen) atoms. The summed E-state index contributed by atoms with van der Waals surface area (Å²) in [5.74, 6) is 0. The quantitative estimate of drug-likeness (QED) is 0.695. The highest BCUT2D eigenvalue weighted by molar-refractivity contribution is 9.08. The molecule has 1 rings (SSSR count). The zero-order chi connectivity index (χ0) is 9.14. The Kier molecular flexibility index (Phi) is 3.13. The summed E-state index contributed by atoms with van der Waals surface area (Å²) in [4.78, 5) is 0. The molecule has 0 aliphatic carbocycles. The largest absolute Gasteiger partial charge is 0.192 e. The van der Waals surface area contributed by atoms with Crippen LogP contribution in [0.5, 0.6) is 0 Å². The van der Waals surface area contributed by atoms with Crippen molar-refractivity contribution in [2.45, 2.75) is 12.3 Å². The van der Waals surface area contributed by atoms with Gasteiger partial charge in [-0.15, -0.1) is 0 Å². The third-order valence-corrected chi connectivity index (χ3v) is 2.56. The van der Waals surface area contributed by atoms with Crippen molar-refractivity contribution in [2.24, 2.45) is 0 Å². The van der Waals surface area contributed by atoms with E-state index >= 15 is 0 Å². The second-order valence-electron chi connectivity index (χ2n) is 2.51. The van der Waals surface area contributed by atoms with Gasteiger partial charge in [0.15, 0.2) is 0 Å². The number of nitriles is 1. The van der Waals surface area contributed by atoms with E-state index in [2.05, 4.69) is 22.0 Å². The molecule has 0 N–H and O–H groups in total. The zero-order valence-corrected chi connectivity index (χ0v) is 8.91. The first-order valence-corrected chi connectivity index (χ1v) is 4.94.